The van der Waals surface area contributed by atoms with Crippen LogP contribution in [0.4, 0.5) is 0 Å². The molecule has 20 heavy (non-hydrogen) atoms. The summed E-state index contributed by atoms with van der Waals surface area (Å²) in [5.74, 6) is 0.880. The van der Waals surface area contributed by atoms with Crippen molar-refractivity contribution in [3.63, 3.8) is 0 Å². The second-order valence-corrected chi connectivity index (χ2v) is 7.18. The molecule has 0 heterocycles. The molecule has 0 amide bonds. The third kappa shape index (κ3) is 4.32. The summed E-state index contributed by atoms with van der Waals surface area (Å²) in [5.41, 5.74) is 2.52. The molecule has 0 radical (unpaired) electrons. The lowest BCUT2D eigenvalue weighted by molar-refractivity contribution is 0.113. The van der Waals surface area contributed by atoms with E-state index < -0.39 is 0 Å². The Morgan fingerprint density at radius 3 is 2.25 bits per heavy atom. The van der Waals surface area contributed by atoms with Gasteiger partial charge in [-0.25, -0.2) is 0 Å². The molecule has 0 aliphatic heterocycles. The molecule has 2 rings (SSSR count). The summed E-state index contributed by atoms with van der Waals surface area (Å²) < 4.78 is 0. The van der Waals surface area contributed by atoms with Gasteiger partial charge in [-0.2, -0.15) is 0 Å². The summed E-state index contributed by atoms with van der Waals surface area (Å²) in [5, 5.41) is 10.4. The maximum atomic E-state index is 10.4. The number of aliphatic hydroxyl groups is 1. The van der Waals surface area contributed by atoms with Gasteiger partial charge in [0.15, 0.2) is 0 Å². The van der Waals surface area contributed by atoms with Crippen LogP contribution in [0.5, 0.6) is 0 Å². The predicted octanol–water partition coefficient (Wildman–Crippen LogP) is 3.75. The Labute approximate surface area is 123 Å². The molecule has 2 heteroatoms. The third-order valence-corrected chi connectivity index (χ3v) is 4.25. The molecule has 0 saturated heterocycles. The van der Waals surface area contributed by atoms with Crippen LogP contribution in [-0.4, -0.2) is 29.6 Å². The number of benzene rings is 1. The van der Waals surface area contributed by atoms with Crippen molar-refractivity contribution in [1.29, 1.82) is 0 Å². The van der Waals surface area contributed by atoms with Crippen LogP contribution in [0.1, 0.15) is 57.8 Å². The van der Waals surface area contributed by atoms with Gasteiger partial charge < -0.3 is 10.0 Å². The monoisotopic (exact) mass is 275 g/mol. The molecule has 2 nitrogen and oxygen atoms in total. The summed E-state index contributed by atoms with van der Waals surface area (Å²) in [6.07, 6.45) is 2.36. The lowest BCUT2D eigenvalue weighted by Gasteiger charge is -2.24. The molecular formula is C18H29NO. The fourth-order valence-corrected chi connectivity index (χ4v) is 2.55. The Morgan fingerprint density at radius 2 is 1.80 bits per heavy atom. The van der Waals surface area contributed by atoms with E-state index in [1.807, 2.05) is 0 Å². The average Bonchev–Trinajstić information content (AvgIpc) is 3.21. The quantitative estimate of drug-likeness (QED) is 0.854. The second kappa shape index (κ2) is 6.28. The lowest BCUT2D eigenvalue weighted by Crippen LogP contribution is -2.30. The topological polar surface area (TPSA) is 23.5 Å². The Morgan fingerprint density at radius 1 is 1.20 bits per heavy atom. The van der Waals surface area contributed by atoms with Gasteiger partial charge in [-0.1, -0.05) is 52.0 Å². The first-order chi connectivity index (χ1) is 9.40. The van der Waals surface area contributed by atoms with Crippen LogP contribution in [0.2, 0.25) is 0 Å². The van der Waals surface area contributed by atoms with E-state index in [4.69, 9.17) is 0 Å². The van der Waals surface area contributed by atoms with Crippen LogP contribution >= 0.6 is 0 Å². The standard InChI is InChI=1S/C18H29NO/c1-5-19(12-14-6-7-14)13-17(20)15-8-10-16(11-9-15)18(2,3)4/h8-11,14,17,20H,5-7,12-13H2,1-4H3. The van der Waals surface area contributed by atoms with Gasteiger partial charge in [-0.15, -0.1) is 0 Å². The van der Waals surface area contributed by atoms with Gasteiger partial charge in [0.05, 0.1) is 6.10 Å². The van der Waals surface area contributed by atoms with Gasteiger partial charge in [0.2, 0.25) is 0 Å². The fourth-order valence-electron chi connectivity index (χ4n) is 2.55. The van der Waals surface area contributed by atoms with Crippen molar-refractivity contribution in [3.05, 3.63) is 35.4 Å². The zero-order valence-electron chi connectivity index (χ0n) is 13.4. The molecular weight excluding hydrogens is 246 g/mol. The molecule has 0 bridgehead atoms. The number of aliphatic hydroxyl groups excluding tert-OH is 1. The summed E-state index contributed by atoms with van der Waals surface area (Å²) in [6, 6.07) is 8.46. The molecule has 1 N–H and O–H groups in total. The maximum Gasteiger partial charge on any atom is 0.0916 e. The molecule has 1 aromatic rings. The Hall–Kier alpha value is -0.860. The van der Waals surface area contributed by atoms with Gasteiger partial charge in [0.1, 0.15) is 0 Å². The summed E-state index contributed by atoms with van der Waals surface area (Å²) in [6.45, 7) is 11.7. The summed E-state index contributed by atoms with van der Waals surface area (Å²) >= 11 is 0. The van der Waals surface area contributed by atoms with E-state index in [-0.39, 0.29) is 11.5 Å². The number of hydrogen-bond acceptors (Lipinski definition) is 2. The molecule has 1 saturated carbocycles. The van der Waals surface area contributed by atoms with Crippen molar-refractivity contribution in [2.75, 3.05) is 19.6 Å². The van der Waals surface area contributed by atoms with Crippen LogP contribution in [-0.2, 0) is 5.41 Å². The molecule has 1 aliphatic rings. The van der Waals surface area contributed by atoms with Crippen LogP contribution in [0.15, 0.2) is 24.3 Å². The van der Waals surface area contributed by atoms with Crippen molar-refractivity contribution in [2.45, 2.75) is 52.1 Å². The lowest BCUT2D eigenvalue weighted by atomic mass is 9.86. The normalized spacial score (nSPS) is 17.5. The van der Waals surface area contributed by atoms with E-state index in [9.17, 15) is 5.11 Å². The van der Waals surface area contributed by atoms with Gasteiger partial charge in [-0.05, 0) is 41.8 Å². The third-order valence-electron chi connectivity index (χ3n) is 4.25. The smallest absolute Gasteiger partial charge is 0.0916 e. The number of nitrogens with zero attached hydrogens (tertiary/aromatic N) is 1. The van der Waals surface area contributed by atoms with Crippen molar-refractivity contribution in [1.82, 2.24) is 4.90 Å². The largest absolute Gasteiger partial charge is 0.387 e. The number of hydrogen-bond donors (Lipinski definition) is 1. The Balaban J connectivity index is 1.95. The molecule has 1 aromatic carbocycles. The molecule has 1 atom stereocenters. The molecule has 0 aromatic heterocycles. The molecule has 1 unspecified atom stereocenters. The zero-order valence-corrected chi connectivity index (χ0v) is 13.4. The molecule has 0 spiro atoms. The summed E-state index contributed by atoms with van der Waals surface area (Å²) in [4.78, 5) is 2.38. The highest BCUT2D eigenvalue weighted by atomic mass is 16.3. The molecule has 1 aliphatic carbocycles. The zero-order chi connectivity index (χ0) is 14.8. The minimum absolute atomic E-state index is 0.172. The van der Waals surface area contributed by atoms with Crippen LogP contribution < -0.4 is 0 Å². The SMILES string of the molecule is CCN(CC1CC1)CC(O)c1ccc(C(C)(C)C)cc1. The first-order valence-electron chi connectivity index (χ1n) is 7.91. The van der Waals surface area contributed by atoms with Crippen LogP contribution in [0.25, 0.3) is 0 Å². The van der Waals surface area contributed by atoms with Crippen LogP contribution in [0, 0.1) is 5.92 Å². The minimum Gasteiger partial charge on any atom is -0.387 e. The first kappa shape index (κ1) is 15.5. The van der Waals surface area contributed by atoms with E-state index in [0.717, 1.165) is 31.1 Å². The minimum atomic E-state index is -0.372. The summed E-state index contributed by atoms with van der Waals surface area (Å²) in [7, 11) is 0. The first-order valence-corrected chi connectivity index (χ1v) is 7.91. The van der Waals surface area contributed by atoms with Crippen molar-refractivity contribution in [2.24, 2.45) is 5.92 Å². The van der Waals surface area contributed by atoms with Crippen molar-refractivity contribution >= 4 is 0 Å². The highest BCUT2D eigenvalue weighted by Gasteiger charge is 2.25. The maximum absolute atomic E-state index is 10.4. The number of rotatable bonds is 6. The molecule has 1 fully saturated rings. The van der Waals surface area contributed by atoms with Gasteiger partial charge in [-0.3, -0.25) is 0 Å². The van der Waals surface area contributed by atoms with Crippen molar-refractivity contribution in [3.8, 4) is 0 Å². The fraction of sp³-hybridized carbons (Fsp3) is 0.667. The van der Waals surface area contributed by atoms with Gasteiger partial charge >= 0.3 is 0 Å². The van der Waals surface area contributed by atoms with Gasteiger partial charge in [0.25, 0.3) is 0 Å². The Bertz CT molecular complexity index is 414. The second-order valence-electron chi connectivity index (χ2n) is 7.18. The number of likely N-dealkylation sites (N-methyl/N-ethyl adjacent to an activating group) is 1. The van der Waals surface area contributed by atoms with Crippen LogP contribution in [0.3, 0.4) is 0 Å². The van der Waals surface area contributed by atoms with E-state index >= 15 is 0 Å². The van der Waals surface area contributed by atoms with E-state index in [0.29, 0.717) is 0 Å². The Kier molecular flexibility index (Phi) is 4.87. The highest BCUT2D eigenvalue weighted by molar-refractivity contribution is 5.28. The van der Waals surface area contributed by atoms with E-state index in [2.05, 4.69) is 56.9 Å². The van der Waals surface area contributed by atoms with Gasteiger partial charge in [0, 0.05) is 13.1 Å². The highest BCUT2D eigenvalue weighted by Crippen LogP contribution is 2.30. The van der Waals surface area contributed by atoms with E-state index in [1.165, 1.54) is 18.4 Å². The van der Waals surface area contributed by atoms with Crippen molar-refractivity contribution < 1.29 is 5.11 Å². The average molecular weight is 275 g/mol. The predicted molar refractivity (Wildman–Crippen MR) is 84.9 cm³/mol. The van der Waals surface area contributed by atoms with E-state index in [1.54, 1.807) is 0 Å². The molecule has 112 valence electrons.